The predicted octanol–water partition coefficient (Wildman–Crippen LogP) is 2.01. The second kappa shape index (κ2) is 4.69. The van der Waals surface area contributed by atoms with Gasteiger partial charge in [-0.15, -0.1) is 11.3 Å². The van der Waals surface area contributed by atoms with Gasteiger partial charge in [0.05, 0.1) is 5.39 Å². The molecule has 0 aliphatic heterocycles. The quantitative estimate of drug-likeness (QED) is 0.578. The molecule has 0 unspecified atom stereocenters. The molecular formula is C12H6ClN3O3S. The Labute approximate surface area is 120 Å². The number of carbonyl (C=O) groups is 1. The molecule has 6 nitrogen and oxygen atoms in total. The molecule has 3 aromatic heterocycles. The number of fused-ring (bicyclic) bond motifs is 1. The van der Waals surface area contributed by atoms with Gasteiger partial charge in [-0.25, -0.2) is 14.5 Å². The summed E-state index contributed by atoms with van der Waals surface area (Å²) in [5.74, 6) is -0.406. The van der Waals surface area contributed by atoms with E-state index < -0.39 is 11.3 Å². The number of thiazole rings is 1. The summed E-state index contributed by atoms with van der Waals surface area (Å²) in [6.45, 7) is 0. The third kappa shape index (κ3) is 1.79. The summed E-state index contributed by atoms with van der Waals surface area (Å²) in [5, 5.41) is 12.5. The first-order valence-corrected chi connectivity index (χ1v) is 6.68. The summed E-state index contributed by atoms with van der Waals surface area (Å²) in [4.78, 5) is 31.4. The van der Waals surface area contributed by atoms with Crippen LogP contribution in [-0.4, -0.2) is 25.9 Å². The van der Waals surface area contributed by atoms with Crippen LogP contribution in [0.1, 0.15) is 10.4 Å². The Balaban J connectivity index is 2.58. The van der Waals surface area contributed by atoms with Gasteiger partial charge in [0.1, 0.15) is 16.5 Å². The molecule has 0 saturated carbocycles. The molecule has 0 aliphatic carbocycles. The van der Waals surface area contributed by atoms with Crippen LogP contribution in [0, 0.1) is 0 Å². The van der Waals surface area contributed by atoms with Crippen LogP contribution in [0.15, 0.2) is 28.5 Å². The van der Waals surface area contributed by atoms with Crippen LogP contribution in [0.25, 0.3) is 16.2 Å². The molecule has 100 valence electrons. The van der Waals surface area contributed by atoms with E-state index in [0.29, 0.717) is 11.4 Å². The highest BCUT2D eigenvalue weighted by Gasteiger charge is 2.19. The van der Waals surface area contributed by atoms with Gasteiger partial charge in [0.25, 0.3) is 5.56 Å². The first-order chi connectivity index (χ1) is 9.63. The number of carbonyl (C=O) groups excluding carboxylic acids is 1. The lowest BCUT2D eigenvalue weighted by Gasteiger charge is -2.09. The predicted molar refractivity (Wildman–Crippen MR) is 75.1 cm³/mol. The third-order valence-electron chi connectivity index (χ3n) is 2.73. The number of pyridine rings is 2. The van der Waals surface area contributed by atoms with Gasteiger partial charge in [-0.3, -0.25) is 9.59 Å². The maximum atomic E-state index is 12.3. The Bertz CT molecular complexity index is 874. The van der Waals surface area contributed by atoms with E-state index in [0.717, 1.165) is 4.57 Å². The fraction of sp³-hybridized carbons (Fsp3) is 0. The Hall–Kier alpha value is -2.25. The van der Waals surface area contributed by atoms with Crippen molar-refractivity contribution < 1.29 is 9.90 Å². The average molecular weight is 308 g/mol. The molecule has 0 aliphatic rings. The van der Waals surface area contributed by atoms with Crippen molar-refractivity contribution >= 4 is 40.3 Å². The average Bonchev–Trinajstić information content (AvgIpc) is 2.93. The standard InChI is InChI=1S/C12H6ClN3O3S/c13-8-2-1-6-9(18)7(5-17)11(19)16(10(6)15-8)12-14-3-4-20-12/h1-5,18H. The van der Waals surface area contributed by atoms with Crippen molar-refractivity contribution in [2.24, 2.45) is 0 Å². The Morgan fingerprint density at radius 2 is 2.20 bits per heavy atom. The number of hydrogen-bond acceptors (Lipinski definition) is 6. The lowest BCUT2D eigenvalue weighted by atomic mass is 10.2. The van der Waals surface area contributed by atoms with Gasteiger partial charge in [-0.2, -0.15) is 0 Å². The molecule has 8 heteroatoms. The zero-order valence-electron chi connectivity index (χ0n) is 9.78. The van der Waals surface area contributed by atoms with Crippen LogP contribution in [0.5, 0.6) is 5.75 Å². The van der Waals surface area contributed by atoms with Crippen molar-refractivity contribution in [3.05, 3.63) is 44.8 Å². The Morgan fingerprint density at radius 1 is 1.40 bits per heavy atom. The molecule has 0 spiro atoms. The van der Waals surface area contributed by atoms with E-state index >= 15 is 0 Å². The molecule has 3 rings (SSSR count). The number of nitrogens with zero attached hydrogens (tertiary/aromatic N) is 3. The zero-order chi connectivity index (χ0) is 14.3. The topological polar surface area (TPSA) is 85.1 Å². The first kappa shape index (κ1) is 12.8. The lowest BCUT2D eigenvalue weighted by Crippen LogP contribution is -2.23. The number of aldehydes is 1. The van der Waals surface area contributed by atoms with Crippen molar-refractivity contribution in [1.29, 1.82) is 0 Å². The highest BCUT2D eigenvalue weighted by Crippen LogP contribution is 2.27. The van der Waals surface area contributed by atoms with E-state index in [1.54, 1.807) is 5.38 Å². The van der Waals surface area contributed by atoms with E-state index in [-0.39, 0.29) is 21.7 Å². The van der Waals surface area contributed by atoms with Gasteiger partial charge < -0.3 is 5.11 Å². The second-order valence-corrected chi connectivity index (χ2v) is 5.10. The van der Waals surface area contributed by atoms with Crippen LogP contribution in [-0.2, 0) is 0 Å². The fourth-order valence-electron chi connectivity index (χ4n) is 1.85. The largest absolute Gasteiger partial charge is 0.506 e. The molecule has 0 aromatic carbocycles. The molecule has 1 N–H and O–H groups in total. The monoisotopic (exact) mass is 307 g/mol. The summed E-state index contributed by atoms with van der Waals surface area (Å²) in [5.41, 5.74) is -0.868. The van der Waals surface area contributed by atoms with Crippen LogP contribution < -0.4 is 5.56 Å². The second-order valence-electron chi connectivity index (χ2n) is 3.84. The van der Waals surface area contributed by atoms with Crippen molar-refractivity contribution in [2.75, 3.05) is 0 Å². The van der Waals surface area contributed by atoms with E-state index in [1.165, 1.54) is 29.7 Å². The summed E-state index contributed by atoms with van der Waals surface area (Å²) in [7, 11) is 0. The SMILES string of the molecule is O=Cc1c(O)c2ccc(Cl)nc2n(-c2nccs2)c1=O. The number of halogens is 1. The molecule has 0 atom stereocenters. The van der Waals surface area contributed by atoms with Gasteiger partial charge in [0.2, 0.25) is 0 Å². The number of aromatic nitrogens is 3. The molecule has 0 radical (unpaired) electrons. The minimum atomic E-state index is -0.685. The van der Waals surface area contributed by atoms with Gasteiger partial charge in [-0.1, -0.05) is 11.6 Å². The number of aromatic hydroxyl groups is 1. The maximum Gasteiger partial charge on any atom is 0.273 e. The summed E-state index contributed by atoms with van der Waals surface area (Å²) < 4.78 is 1.16. The first-order valence-electron chi connectivity index (χ1n) is 5.42. The van der Waals surface area contributed by atoms with Gasteiger partial charge in [0, 0.05) is 11.6 Å². The normalized spacial score (nSPS) is 10.8. The Kier molecular flexibility index (Phi) is 3.00. The van der Waals surface area contributed by atoms with Crippen molar-refractivity contribution in [3.8, 4) is 10.9 Å². The highest BCUT2D eigenvalue weighted by molar-refractivity contribution is 7.12. The van der Waals surface area contributed by atoms with E-state index in [4.69, 9.17) is 11.6 Å². The van der Waals surface area contributed by atoms with Crippen molar-refractivity contribution in [3.63, 3.8) is 0 Å². The Morgan fingerprint density at radius 3 is 2.85 bits per heavy atom. The number of rotatable bonds is 2. The van der Waals surface area contributed by atoms with E-state index in [9.17, 15) is 14.7 Å². The zero-order valence-corrected chi connectivity index (χ0v) is 11.4. The third-order valence-corrected chi connectivity index (χ3v) is 3.69. The van der Waals surface area contributed by atoms with Crippen LogP contribution >= 0.6 is 22.9 Å². The van der Waals surface area contributed by atoms with Crippen LogP contribution in [0.3, 0.4) is 0 Å². The van der Waals surface area contributed by atoms with Crippen molar-refractivity contribution in [1.82, 2.24) is 14.5 Å². The molecule has 0 fully saturated rings. The summed E-state index contributed by atoms with van der Waals surface area (Å²) >= 11 is 7.04. The van der Waals surface area contributed by atoms with Crippen LogP contribution in [0.4, 0.5) is 0 Å². The smallest absolute Gasteiger partial charge is 0.273 e. The van der Waals surface area contributed by atoms with Crippen molar-refractivity contribution in [2.45, 2.75) is 0 Å². The molecule has 0 bridgehead atoms. The van der Waals surface area contributed by atoms with E-state index in [1.807, 2.05) is 0 Å². The summed E-state index contributed by atoms with van der Waals surface area (Å²) in [6, 6.07) is 2.96. The summed E-state index contributed by atoms with van der Waals surface area (Å²) in [6.07, 6.45) is 1.84. The molecular weight excluding hydrogens is 302 g/mol. The highest BCUT2D eigenvalue weighted by atomic mass is 35.5. The molecule has 3 aromatic rings. The minimum absolute atomic E-state index is 0.153. The fourth-order valence-corrected chi connectivity index (χ4v) is 2.64. The van der Waals surface area contributed by atoms with Crippen LogP contribution in [0.2, 0.25) is 5.15 Å². The molecule has 0 amide bonds. The van der Waals surface area contributed by atoms with Gasteiger partial charge in [0.15, 0.2) is 17.1 Å². The molecule has 0 saturated heterocycles. The minimum Gasteiger partial charge on any atom is -0.506 e. The molecule has 3 heterocycles. The van der Waals surface area contributed by atoms with Gasteiger partial charge in [-0.05, 0) is 12.1 Å². The van der Waals surface area contributed by atoms with E-state index in [2.05, 4.69) is 9.97 Å². The molecule has 20 heavy (non-hydrogen) atoms. The number of hydrogen-bond donors (Lipinski definition) is 1. The van der Waals surface area contributed by atoms with Gasteiger partial charge >= 0.3 is 0 Å². The maximum absolute atomic E-state index is 12.3. The lowest BCUT2D eigenvalue weighted by molar-refractivity contribution is 0.111.